The molecule has 0 aliphatic carbocycles. The number of hydrogen-bond acceptors (Lipinski definition) is 12. The van der Waals surface area contributed by atoms with Crippen molar-refractivity contribution in [3.05, 3.63) is 36.7 Å². The number of carbonyl (C=O) groups is 1. The number of nitrogens with one attached hydrogen (secondary N) is 1. The minimum absolute atomic E-state index is 0.0768. The number of benzene rings is 1. The summed E-state index contributed by atoms with van der Waals surface area (Å²) in [4.78, 5) is 26.6. The van der Waals surface area contributed by atoms with Crippen LogP contribution in [-0.2, 0) is 30.6 Å². The molecule has 4 N–H and O–H groups in total. The van der Waals surface area contributed by atoms with E-state index in [9.17, 15) is 9.90 Å². The number of fused-ring (bicyclic) bond motifs is 1. The molecule has 3 aromatic rings. The Morgan fingerprint density at radius 1 is 1.41 bits per heavy atom. The molecule has 1 aliphatic heterocycles. The summed E-state index contributed by atoms with van der Waals surface area (Å²) in [5, 5.41) is 13.9. The summed E-state index contributed by atoms with van der Waals surface area (Å²) in [7, 11) is 3.48. The number of terminal acetylenes is 1. The van der Waals surface area contributed by atoms with Gasteiger partial charge in [-0.1, -0.05) is 24.1 Å². The number of halogens is 1. The van der Waals surface area contributed by atoms with Crippen molar-refractivity contribution in [1.29, 1.82) is 0 Å². The summed E-state index contributed by atoms with van der Waals surface area (Å²) in [5.74, 6) is 2.14. The minimum Gasteiger partial charge on any atom is -0.465 e. The molecule has 0 unspecified atom stereocenters. The van der Waals surface area contributed by atoms with Crippen LogP contribution in [0.2, 0.25) is 0 Å². The molecule has 0 saturated carbocycles. The molecular formula is C25H31FN7O6PS. The number of para-hydroxylation sites is 1. The molecule has 41 heavy (non-hydrogen) atoms. The third-order valence-corrected chi connectivity index (χ3v) is 8.63. The summed E-state index contributed by atoms with van der Waals surface area (Å²) in [6.45, 7) is -0.554. The van der Waals surface area contributed by atoms with Gasteiger partial charge in [-0.05, 0) is 37.8 Å². The number of anilines is 2. The Kier molecular flexibility index (Phi) is 9.13. The van der Waals surface area contributed by atoms with Gasteiger partial charge in [-0.25, -0.2) is 14.5 Å². The van der Waals surface area contributed by atoms with Crippen LogP contribution in [0.5, 0.6) is 5.75 Å². The van der Waals surface area contributed by atoms with Crippen LogP contribution in [0, 0.1) is 12.3 Å². The lowest BCUT2D eigenvalue weighted by molar-refractivity contribution is -0.144. The van der Waals surface area contributed by atoms with Crippen LogP contribution >= 0.6 is 6.64 Å². The van der Waals surface area contributed by atoms with Crippen molar-refractivity contribution in [2.24, 2.45) is 0 Å². The van der Waals surface area contributed by atoms with Gasteiger partial charge in [0.1, 0.15) is 24.0 Å². The average Bonchev–Trinajstić information content (AvgIpc) is 3.45. The maximum Gasteiger partial charge on any atom is 0.323 e. The smallest absolute Gasteiger partial charge is 0.323 e. The van der Waals surface area contributed by atoms with Crippen LogP contribution < -0.4 is 20.2 Å². The Morgan fingerprint density at radius 3 is 2.76 bits per heavy atom. The number of nitrogen functional groups attached to an aromatic ring is 1. The molecule has 1 fully saturated rings. The highest BCUT2D eigenvalue weighted by atomic mass is 32.5. The van der Waals surface area contributed by atoms with E-state index in [1.807, 2.05) is 5.92 Å². The number of hydrogen-bond donors (Lipinski definition) is 3. The molecule has 1 aromatic carbocycles. The Balaban J connectivity index is 1.61. The van der Waals surface area contributed by atoms with Crippen molar-refractivity contribution in [3.63, 3.8) is 0 Å². The molecule has 1 aliphatic rings. The second-order valence-corrected chi connectivity index (χ2v) is 12.4. The molecule has 13 nitrogen and oxygen atoms in total. The molecule has 6 atom stereocenters. The highest BCUT2D eigenvalue weighted by Crippen LogP contribution is 2.48. The number of nitrogens with two attached hydrogens (primary N) is 1. The lowest BCUT2D eigenvalue weighted by Gasteiger charge is -2.27. The first-order valence-corrected chi connectivity index (χ1v) is 15.2. The molecule has 2 aromatic heterocycles. The van der Waals surface area contributed by atoms with Crippen LogP contribution in [0.4, 0.5) is 16.2 Å². The summed E-state index contributed by atoms with van der Waals surface area (Å²) in [6, 6.07) is 7.67. The van der Waals surface area contributed by atoms with Gasteiger partial charge in [0, 0.05) is 14.1 Å². The van der Waals surface area contributed by atoms with Crippen molar-refractivity contribution >= 4 is 47.3 Å². The number of nitrogens with zero attached hydrogens (tertiary/aromatic N) is 5. The monoisotopic (exact) mass is 607 g/mol. The van der Waals surface area contributed by atoms with Gasteiger partial charge in [0.15, 0.2) is 23.2 Å². The van der Waals surface area contributed by atoms with E-state index < -0.39 is 49.4 Å². The largest absolute Gasteiger partial charge is 0.465 e. The first-order chi connectivity index (χ1) is 19.4. The molecular weight excluding hydrogens is 576 g/mol. The highest BCUT2D eigenvalue weighted by Gasteiger charge is 2.58. The Labute approximate surface area is 241 Å². The van der Waals surface area contributed by atoms with Crippen LogP contribution in [0.3, 0.4) is 0 Å². The van der Waals surface area contributed by atoms with E-state index in [1.54, 1.807) is 63.2 Å². The molecule has 0 bridgehead atoms. The van der Waals surface area contributed by atoms with Crippen molar-refractivity contribution in [3.8, 4) is 18.1 Å². The third-order valence-electron chi connectivity index (χ3n) is 6.13. The van der Waals surface area contributed by atoms with Crippen molar-refractivity contribution < 1.29 is 32.8 Å². The van der Waals surface area contributed by atoms with E-state index in [0.29, 0.717) is 17.1 Å². The van der Waals surface area contributed by atoms with Crippen LogP contribution in [0.1, 0.15) is 20.1 Å². The topological polar surface area (TPSA) is 159 Å². The van der Waals surface area contributed by atoms with E-state index >= 15 is 4.39 Å². The van der Waals surface area contributed by atoms with E-state index in [4.69, 9.17) is 42.5 Å². The Bertz CT molecular complexity index is 1490. The zero-order valence-corrected chi connectivity index (χ0v) is 24.5. The molecule has 3 heterocycles. The third kappa shape index (κ3) is 6.28. The predicted molar refractivity (Wildman–Crippen MR) is 153 cm³/mol. The second kappa shape index (κ2) is 12.2. The van der Waals surface area contributed by atoms with Crippen LogP contribution in [0.25, 0.3) is 11.2 Å². The average molecular weight is 608 g/mol. The van der Waals surface area contributed by atoms with Gasteiger partial charge in [0.25, 0.3) is 0 Å². The Morgan fingerprint density at radius 2 is 2.12 bits per heavy atom. The number of imidazole rings is 1. The highest BCUT2D eigenvalue weighted by molar-refractivity contribution is 8.09. The quantitative estimate of drug-likeness (QED) is 0.165. The summed E-state index contributed by atoms with van der Waals surface area (Å²) in [6.07, 6.45) is 2.16. The van der Waals surface area contributed by atoms with Crippen molar-refractivity contribution in [2.45, 2.75) is 44.0 Å². The molecule has 4 rings (SSSR count). The predicted octanol–water partition coefficient (Wildman–Crippen LogP) is 1.94. The van der Waals surface area contributed by atoms with Gasteiger partial charge in [-0.3, -0.25) is 9.36 Å². The first-order valence-electron chi connectivity index (χ1n) is 12.5. The Hall–Kier alpha value is -3.38. The molecule has 16 heteroatoms. The first kappa shape index (κ1) is 30.6. The van der Waals surface area contributed by atoms with E-state index in [2.05, 4.69) is 20.0 Å². The number of alkyl halides is 1. The molecule has 1 saturated heterocycles. The van der Waals surface area contributed by atoms with E-state index in [-0.39, 0.29) is 18.2 Å². The van der Waals surface area contributed by atoms with Gasteiger partial charge < -0.3 is 34.3 Å². The molecule has 0 radical (unpaired) electrons. The number of rotatable bonds is 11. The van der Waals surface area contributed by atoms with Crippen molar-refractivity contribution in [1.82, 2.24) is 24.6 Å². The zero-order valence-electron chi connectivity index (χ0n) is 22.8. The van der Waals surface area contributed by atoms with Gasteiger partial charge in [0.05, 0.1) is 19.5 Å². The second-order valence-electron chi connectivity index (χ2n) is 9.31. The fourth-order valence-electron chi connectivity index (χ4n) is 4.15. The van der Waals surface area contributed by atoms with Gasteiger partial charge >= 0.3 is 12.6 Å². The minimum atomic E-state index is -3.49. The summed E-state index contributed by atoms with van der Waals surface area (Å²) in [5.41, 5.74) is 3.65. The lowest BCUT2D eigenvalue weighted by Crippen LogP contribution is -2.42. The summed E-state index contributed by atoms with van der Waals surface area (Å²) >= 11 is 5.67. The fourth-order valence-corrected chi connectivity index (χ4v) is 6.57. The zero-order chi connectivity index (χ0) is 29.9. The van der Waals surface area contributed by atoms with Gasteiger partial charge in [-0.15, -0.1) is 6.42 Å². The number of aromatic nitrogens is 4. The SMILES string of the molecule is C#C[C@@]1(F)[C@H](O)[C@@H](CO[P@@](=S)(N[C@H](C)C(=O)OCC)Oc2ccccc2)O[C@H]1n1cnc2c(N(C)C)nc(N)nc21. The maximum atomic E-state index is 16.2. The number of aliphatic hydroxyl groups is 1. The molecule has 0 amide bonds. The molecule has 0 spiro atoms. The fraction of sp³-hybridized carbons (Fsp3) is 0.440. The number of ether oxygens (including phenoxy) is 2. The van der Waals surface area contributed by atoms with Crippen molar-refractivity contribution in [2.75, 3.05) is 37.9 Å². The van der Waals surface area contributed by atoms with Gasteiger partial charge in [0.2, 0.25) is 11.6 Å². The maximum absolute atomic E-state index is 16.2. The standard InChI is InChI=1S/C25H31FN7O6PS/c1-6-25(26)19(34)17(38-23(25)33-14-28-18-20(32(4)5)29-24(27)30-21(18)33)13-37-40(41,31-15(3)22(35)36-7-2)39-16-11-9-8-10-12-16/h1,8-12,14-15,17,19,23,34H,7,13H2,2-5H3,(H,31,41)(H2,27,29,30)/t15-,17-,19-,23-,25-,40+/m1/s1. The lowest BCUT2D eigenvalue weighted by atomic mass is 9.97. The normalized spacial score (nSPS) is 24.4. The number of esters is 1. The number of carbonyl (C=O) groups excluding carboxylic acids is 1. The number of aliphatic hydroxyl groups excluding tert-OH is 1. The molecule has 220 valence electrons. The van der Waals surface area contributed by atoms with E-state index in [1.165, 1.54) is 10.9 Å². The van der Waals surface area contributed by atoms with E-state index in [0.717, 1.165) is 0 Å². The van der Waals surface area contributed by atoms with Crippen LogP contribution in [-0.4, -0.2) is 81.8 Å². The van der Waals surface area contributed by atoms with Gasteiger partial charge in [-0.2, -0.15) is 9.97 Å². The summed E-state index contributed by atoms with van der Waals surface area (Å²) < 4.78 is 40.3. The van der Waals surface area contributed by atoms with Crippen LogP contribution in [0.15, 0.2) is 36.7 Å².